The van der Waals surface area contributed by atoms with Crippen molar-refractivity contribution in [2.75, 3.05) is 6.54 Å². The highest BCUT2D eigenvalue weighted by Crippen LogP contribution is 2.48. The van der Waals surface area contributed by atoms with Crippen LogP contribution in [0.1, 0.15) is 38.2 Å². The summed E-state index contributed by atoms with van der Waals surface area (Å²) in [5, 5.41) is 3.95. The third-order valence-corrected chi connectivity index (χ3v) is 3.80. The molecule has 17 heavy (non-hydrogen) atoms. The normalized spacial score (nSPS) is 17.1. The molecule has 1 N–H and O–H groups in total. The quantitative estimate of drug-likeness (QED) is 0.805. The minimum atomic E-state index is -0.178. The van der Waals surface area contributed by atoms with Crippen LogP contribution in [0, 0.1) is 11.2 Å². The van der Waals surface area contributed by atoms with Gasteiger partial charge in [0.2, 0.25) is 0 Å². The summed E-state index contributed by atoms with van der Waals surface area (Å²) in [6, 6.07) is 4.71. The van der Waals surface area contributed by atoms with Gasteiger partial charge < -0.3 is 5.32 Å². The van der Waals surface area contributed by atoms with E-state index in [0.29, 0.717) is 22.5 Å². The molecule has 0 saturated heterocycles. The first kappa shape index (κ1) is 12.8. The summed E-state index contributed by atoms with van der Waals surface area (Å²) in [4.78, 5) is 0. The van der Waals surface area contributed by atoms with Crippen LogP contribution in [0.4, 0.5) is 4.39 Å². The van der Waals surface area contributed by atoms with Gasteiger partial charge in [0.05, 0.1) is 0 Å². The van der Waals surface area contributed by atoms with Crippen molar-refractivity contribution in [2.45, 2.75) is 39.2 Å². The number of benzene rings is 1. The summed E-state index contributed by atoms with van der Waals surface area (Å²) in [5.41, 5.74) is 1.16. The smallest absolute Gasteiger partial charge is 0.127 e. The highest BCUT2D eigenvalue weighted by atomic mass is 35.5. The number of hydrogen-bond donors (Lipinski definition) is 1. The number of rotatable bonds is 6. The first-order valence-electron chi connectivity index (χ1n) is 6.30. The number of nitrogens with one attached hydrogen (secondary N) is 1. The average Bonchev–Trinajstić information content (AvgIpc) is 3.04. The number of halogens is 2. The molecule has 1 saturated carbocycles. The molecule has 1 aliphatic carbocycles. The predicted molar refractivity (Wildman–Crippen MR) is 69.7 cm³/mol. The lowest BCUT2D eigenvalue weighted by Crippen LogP contribution is -2.24. The van der Waals surface area contributed by atoms with Gasteiger partial charge in [0.25, 0.3) is 0 Å². The van der Waals surface area contributed by atoms with Crippen molar-refractivity contribution in [2.24, 2.45) is 5.41 Å². The van der Waals surface area contributed by atoms with E-state index in [4.69, 9.17) is 11.6 Å². The lowest BCUT2D eigenvalue weighted by atomic mass is 10.0. The standard InChI is InChI=1S/C14H19ClFN/c1-2-5-14(6-7-14)10-17-9-11-8-12(15)3-4-13(11)16/h3-4,8,17H,2,5-7,9-10H2,1H3. The Morgan fingerprint density at radius 1 is 1.41 bits per heavy atom. The van der Waals surface area contributed by atoms with Crippen molar-refractivity contribution in [1.82, 2.24) is 5.32 Å². The molecule has 1 aliphatic rings. The highest BCUT2D eigenvalue weighted by Gasteiger charge is 2.40. The molecule has 0 radical (unpaired) electrons. The molecule has 0 unspecified atom stereocenters. The van der Waals surface area contributed by atoms with Crippen LogP contribution >= 0.6 is 11.6 Å². The lowest BCUT2D eigenvalue weighted by Gasteiger charge is -2.15. The molecule has 1 fully saturated rings. The van der Waals surface area contributed by atoms with Crippen LogP contribution in [0.5, 0.6) is 0 Å². The largest absolute Gasteiger partial charge is 0.312 e. The van der Waals surface area contributed by atoms with Crippen molar-refractivity contribution >= 4 is 11.6 Å². The molecular formula is C14H19ClFN. The molecule has 0 bridgehead atoms. The van der Waals surface area contributed by atoms with E-state index in [0.717, 1.165) is 6.54 Å². The average molecular weight is 256 g/mol. The van der Waals surface area contributed by atoms with Crippen molar-refractivity contribution < 1.29 is 4.39 Å². The summed E-state index contributed by atoms with van der Waals surface area (Å²) in [6.45, 7) is 3.78. The van der Waals surface area contributed by atoms with E-state index >= 15 is 0 Å². The first-order valence-corrected chi connectivity index (χ1v) is 6.68. The molecule has 1 aromatic rings. The predicted octanol–water partition coefficient (Wildman–Crippen LogP) is 4.15. The monoisotopic (exact) mass is 255 g/mol. The first-order chi connectivity index (χ1) is 8.15. The van der Waals surface area contributed by atoms with Crippen molar-refractivity contribution in [1.29, 1.82) is 0 Å². The SMILES string of the molecule is CCCC1(CNCc2cc(Cl)ccc2F)CC1. The Balaban J connectivity index is 1.84. The fraction of sp³-hybridized carbons (Fsp3) is 0.571. The topological polar surface area (TPSA) is 12.0 Å². The Morgan fingerprint density at radius 2 is 2.18 bits per heavy atom. The maximum Gasteiger partial charge on any atom is 0.127 e. The molecule has 0 aromatic heterocycles. The zero-order valence-corrected chi connectivity index (χ0v) is 11.0. The Hall–Kier alpha value is -0.600. The van der Waals surface area contributed by atoms with Gasteiger partial charge in [-0.2, -0.15) is 0 Å². The van der Waals surface area contributed by atoms with Crippen LogP contribution in [0.2, 0.25) is 5.02 Å². The highest BCUT2D eigenvalue weighted by molar-refractivity contribution is 6.30. The van der Waals surface area contributed by atoms with Crippen LogP contribution in [-0.4, -0.2) is 6.54 Å². The summed E-state index contributed by atoms with van der Waals surface area (Å²) in [5.74, 6) is -0.178. The molecule has 94 valence electrons. The van der Waals surface area contributed by atoms with Crippen molar-refractivity contribution in [3.63, 3.8) is 0 Å². The van der Waals surface area contributed by atoms with E-state index in [2.05, 4.69) is 12.2 Å². The van der Waals surface area contributed by atoms with E-state index < -0.39 is 0 Å². The molecule has 1 nitrogen and oxygen atoms in total. The second-order valence-electron chi connectivity index (χ2n) is 5.09. The van der Waals surface area contributed by atoms with E-state index in [1.807, 2.05) is 0 Å². The van der Waals surface area contributed by atoms with Crippen LogP contribution < -0.4 is 5.32 Å². The minimum Gasteiger partial charge on any atom is -0.312 e. The van der Waals surface area contributed by atoms with Gasteiger partial charge in [-0.3, -0.25) is 0 Å². The van der Waals surface area contributed by atoms with E-state index in [1.54, 1.807) is 12.1 Å². The Labute approximate surface area is 107 Å². The minimum absolute atomic E-state index is 0.178. The molecule has 0 spiro atoms. The number of hydrogen-bond acceptors (Lipinski definition) is 1. The third kappa shape index (κ3) is 3.43. The van der Waals surface area contributed by atoms with E-state index in [9.17, 15) is 4.39 Å². The van der Waals surface area contributed by atoms with Crippen LogP contribution in [0.3, 0.4) is 0 Å². The third-order valence-electron chi connectivity index (χ3n) is 3.56. The molecular weight excluding hydrogens is 237 g/mol. The molecule has 1 aromatic carbocycles. The van der Waals surface area contributed by atoms with Crippen molar-refractivity contribution in [3.8, 4) is 0 Å². The van der Waals surface area contributed by atoms with Gasteiger partial charge in [-0.15, -0.1) is 0 Å². The maximum absolute atomic E-state index is 13.5. The summed E-state index contributed by atoms with van der Waals surface area (Å²) in [7, 11) is 0. The molecule has 0 aliphatic heterocycles. The van der Waals surface area contributed by atoms with Gasteiger partial charge in [-0.05, 0) is 42.9 Å². The molecule has 3 heteroatoms. The Kier molecular flexibility index (Phi) is 4.05. The second kappa shape index (κ2) is 5.36. The van der Waals surface area contributed by atoms with Gasteiger partial charge >= 0.3 is 0 Å². The zero-order chi connectivity index (χ0) is 12.3. The Morgan fingerprint density at radius 3 is 2.82 bits per heavy atom. The van der Waals surface area contributed by atoms with Crippen LogP contribution in [-0.2, 0) is 6.54 Å². The van der Waals surface area contributed by atoms with Gasteiger partial charge in [0.15, 0.2) is 0 Å². The van der Waals surface area contributed by atoms with E-state index in [-0.39, 0.29) is 5.82 Å². The second-order valence-corrected chi connectivity index (χ2v) is 5.53. The van der Waals surface area contributed by atoms with E-state index in [1.165, 1.54) is 31.7 Å². The molecule has 0 amide bonds. The summed E-state index contributed by atoms with van der Waals surface area (Å²) >= 11 is 5.85. The van der Waals surface area contributed by atoms with Crippen molar-refractivity contribution in [3.05, 3.63) is 34.6 Å². The van der Waals surface area contributed by atoms with Gasteiger partial charge in [0.1, 0.15) is 5.82 Å². The van der Waals surface area contributed by atoms with Gasteiger partial charge in [-0.1, -0.05) is 24.9 Å². The summed E-state index contributed by atoms with van der Waals surface area (Å²) < 4.78 is 13.5. The fourth-order valence-electron chi connectivity index (χ4n) is 2.36. The zero-order valence-electron chi connectivity index (χ0n) is 10.2. The van der Waals surface area contributed by atoms with Crippen LogP contribution in [0.25, 0.3) is 0 Å². The Bertz CT molecular complexity index is 388. The molecule has 0 heterocycles. The van der Waals surface area contributed by atoms with Gasteiger partial charge in [-0.25, -0.2) is 4.39 Å². The maximum atomic E-state index is 13.5. The van der Waals surface area contributed by atoms with Gasteiger partial charge in [0, 0.05) is 23.7 Å². The fourth-order valence-corrected chi connectivity index (χ4v) is 2.56. The van der Waals surface area contributed by atoms with Crippen LogP contribution in [0.15, 0.2) is 18.2 Å². The molecule has 0 atom stereocenters. The summed E-state index contributed by atoms with van der Waals surface area (Å²) in [6.07, 6.45) is 5.13. The molecule has 2 rings (SSSR count). The lowest BCUT2D eigenvalue weighted by molar-refractivity contribution is 0.418.